The lowest BCUT2D eigenvalue weighted by Gasteiger charge is -2.12. The van der Waals surface area contributed by atoms with Gasteiger partial charge < -0.3 is 16.0 Å². The summed E-state index contributed by atoms with van der Waals surface area (Å²) >= 11 is 0. The standard InChI is InChI=1S/C15H23N3O2/c1-18(2)15(20)10-11-17-14(19)9-8-13(16)12-6-4-3-5-7-12/h3-7,13H,8-11,16H2,1-2H3,(H,17,19). The van der Waals surface area contributed by atoms with Gasteiger partial charge >= 0.3 is 0 Å². The Labute approximate surface area is 120 Å². The van der Waals surface area contributed by atoms with Crippen LogP contribution in [0.25, 0.3) is 0 Å². The third-order valence-electron chi connectivity index (χ3n) is 3.07. The Balaban J connectivity index is 2.22. The summed E-state index contributed by atoms with van der Waals surface area (Å²) in [6.07, 6.45) is 1.28. The van der Waals surface area contributed by atoms with E-state index in [1.807, 2.05) is 30.3 Å². The Morgan fingerprint density at radius 1 is 1.20 bits per heavy atom. The molecule has 0 heterocycles. The molecule has 1 rings (SSSR count). The van der Waals surface area contributed by atoms with E-state index in [1.165, 1.54) is 4.90 Å². The number of amides is 2. The first-order valence-electron chi connectivity index (χ1n) is 6.78. The number of carbonyl (C=O) groups is 2. The fourth-order valence-electron chi connectivity index (χ4n) is 1.77. The lowest BCUT2D eigenvalue weighted by atomic mass is 10.0. The molecular weight excluding hydrogens is 254 g/mol. The molecule has 0 saturated carbocycles. The average Bonchev–Trinajstić information content (AvgIpc) is 2.45. The predicted octanol–water partition coefficient (Wildman–Crippen LogP) is 1.06. The Bertz CT molecular complexity index is 432. The predicted molar refractivity (Wildman–Crippen MR) is 78.9 cm³/mol. The molecule has 0 bridgehead atoms. The van der Waals surface area contributed by atoms with Crippen LogP contribution in [0.5, 0.6) is 0 Å². The van der Waals surface area contributed by atoms with Gasteiger partial charge in [0.15, 0.2) is 0 Å². The first kappa shape index (κ1) is 16.2. The molecule has 3 N–H and O–H groups in total. The molecule has 0 aromatic heterocycles. The van der Waals surface area contributed by atoms with Crippen LogP contribution in [-0.2, 0) is 9.59 Å². The minimum Gasteiger partial charge on any atom is -0.356 e. The molecule has 0 fully saturated rings. The Morgan fingerprint density at radius 2 is 1.85 bits per heavy atom. The molecule has 0 radical (unpaired) electrons. The molecule has 0 saturated heterocycles. The van der Waals surface area contributed by atoms with E-state index in [4.69, 9.17) is 5.73 Å². The summed E-state index contributed by atoms with van der Waals surface area (Å²) in [5, 5.41) is 2.73. The van der Waals surface area contributed by atoms with Crippen LogP contribution in [0.15, 0.2) is 30.3 Å². The quantitative estimate of drug-likeness (QED) is 0.782. The molecule has 0 aliphatic rings. The zero-order valence-corrected chi connectivity index (χ0v) is 12.1. The molecular formula is C15H23N3O2. The van der Waals surface area contributed by atoms with Crippen LogP contribution < -0.4 is 11.1 Å². The number of nitrogens with two attached hydrogens (primary N) is 1. The number of hydrogen-bond donors (Lipinski definition) is 2. The van der Waals surface area contributed by atoms with Crippen molar-refractivity contribution in [2.24, 2.45) is 5.73 Å². The largest absolute Gasteiger partial charge is 0.356 e. The third kappa shape index (κ3) is 5.84. The summed E-state index contributed by atoms with van der Waals surface area (Å²) < 4.78 is 0. The lowest BCUT2D eigenvalue weighted by molar-refractivity contribution is -0.128. The molecule has 0 aliphatic heterocycles. The molecule has 5 nitrogen and oxygen atoms in total. The van der Waals surface area contributed by atoms with Crippen LogP contribution in [0.3, 0.4) is 0 Å². The molecule has 0 aliphatic carbocycles. The number of carbonyl (C=O) groups excluding carboxylic acids is 2. The molecule has 20 heavy (non-hydrogen) atoms. The summed E-state index contributed by atoms with van der Waals surface area (Å²) in [4.78, 5) is 24.5. The van der Waals surface area contributed by atoms with Gasteiger partial charge in [0.1, 0.15) is 0 Å². The first-order valence-corrected chi connectivity index (χ1v) is 6.78. The summed E-state index contributed by atoms with van der Waals surface area (Å²) in [7, 11) is 3.39. The average molecular weight is 277 g/mol. The minimum absolute atomic E-state index is 0.00582. The zero-order chi connectivity index (χ0) is 15.0. The summed E-state index contributed by atoms with van der Waals surface area (Å²) in [6, 6.07) is 9.58. The van der Waals surface area contributed by atoms with Crippen molar-refractivity contribution in [2.75, 3.05) is 20.6 Å². The lowest BCUT2D eigenvalue weighted by Crippen LogP contribution is -2.30. The summed E-state index contributed by atoms with van der Waals surface area (Å²) in [5.74, 6) is -0.0609. The van der Waals surface area contributed by atoms with Crippen LogP contribution in [0.4, 0.5) is 0 Å². The van der Waals surface area contributed by atoms with Crippen LogP contribution >= 0.6 is 0 Å². The minimum atomic E-state index is -0.134. The van der Waals surface area contributed by atoms with E-state index in [0.29, 0.717) is 25.8 Å². The van der Waals surface area contributed by atoms with Crippen molar-refractivity contribution in [3.63, 3.8) is 0 Å². The molecule has 110 valence electrons. The van der Waals surface area contributed by atoms with E-state index in [0.717, 1.165) is 5.56 Å². The van der Waals surface area contributed by atoms with Crippen molar-refractivity contribution in [2.45, 2.75) is 25.3 Å². The number of nitrogens with zero attached hydrogens (tertiary/aromatic N) is 1. The SMILES string of the molecule is CN(C)C(=O)CCNC(=O)CCC(N)c1ccccc1. The Morgan fingerprint density at radius 3 is 2.45 bits per heavy atom. The molecule has 1 atom stereocenters. The van der Waals surface area contributed by atoms with E-state index in [1.54, 1.807) is 14.1 Å². The second-order valence-electron chi connectivity index (χ2n) is 4.94. The van der Waals surface area contributed by atoms with Gasteiger partial charge in [0.25, 0.3) is 0 Å². The van der Waals surface area contributed by atoms with Gasteiger partial charge in [0.2, 0.25) is 11.8 Å². The highest BCUT2D eigenvalue weighted by Crippen LogP contribution is 2.14. The van der Waals surface area contributed by atoms with Crippen LogP contribution in [0.2, 0.25) is 0 Å². The number of nitrogens with one attached hydrogen (secondary N) is 1. The van der Waals surface area contributed by atoms with Gasteiger partial charge in [-0.1, -0.05) is 30.3 Å². The number of benzene rings is 1. The van der Waals surface area contributed by atoms with Crippen molar-refractivity contribution in [3.8, 4) is 0 Å². The maximum atomic E-state index is 11.6. The molecule has 1 aromatic rings. The van der Waals surface area contributed by atoms with Gasteiger partial charge in [-0.25, -0.2) is 0 Å². The van der Waals surface area contributed by atoms with Gasteiger partial charge in [0, 0.05) is 39.5 Å². The topological polar surface area (TPSA) is 75.4 Å². The van der Waals surface area contributed by atoms with Gasteiger partial charge in [-0.2, -0.15) is 0 Å². The van der Waals surface area contributed by atoms with E-state index in [-0.39, 0.29) is 17.9 Å². The second kappa shape index (κ2) is 8.32. The van der Waals surface area contributed by atoms with E-state index in [2.05, 4.69) is 5.32 Å². The Hall–Kier alpha value is -1.88. The molecule has 5 heteroatoms. The number of rotatable bonds is 7. The van der Waals surface area contributed by atoms with Gasteiger partial charge in [-0.15, -0.1) is 0 Å². The highest BCUT2D eigenvalue weighted by molar-refractivity contribution is 5.78. The van der Waals surface area contributed by atoms with Crippen LogP contribution in [0, 0.1) is 0 Å². The zero-order valence-electron chi connectivity index (χ0n) is 12.1. The molecule has 1 unspecified atom stereocenters. The Kier molecular flexibility index (Phi) is 6.73. The van der Waals surface area contributed by atoms with E-state index < -0.39 is 0 Å². The summed E-state index contributed by atoms with van der Waals surface area (Å²) in [6.45, 7) is 0.371. The van der Waals surface area contributed by atoms with E-state index in [9.17, 15) is 9.59 Å². The fourth-order valence-corrected chi connectivity index (χ4v) is 1.77. The van der Waals surface area contributed by atoms with E-state index >= 15 is 0 Å². The smallest absolute Gasteiger partial charge is 0.223 e. The maximum absolute atomic E-state index is 11.6. The fraction of sp³-hybridized carbons (Fsp3) is 0.467. The highest BCUT2D eigenvalue weighted by atomic mass is 16.2. The van der Waals surface area contributed by atoms with Crippen molar-refractivity contribution >= 4 is 11.8 Å². The van der Waals surface area contributed by atoms with Crippen LogP contribution in [0.1, 0.15) is 30.9 Å². The van der Waals surface area contributed by atoms with Gasteiger partial charge in [-0.05, 0) is 12.0 Å². The first-order chi connectivity index (χ1) is 9.50. The summed E-state index contributed by atoms with van der Waals surface area (Å²) in [5.41, 5.74) is 7.05. The van der Waals surface area contributed by atoms with Crippen molar-refractivity contribution < 1.29 is 9.59 Å². The van der Waals surface area contributed by atoms with Gasteiger partial charge in [0.05, 0.1) is 0 Å². The van der Waals surface area contributed by atoms with Crippen molar-refractivity contribution in [1.29, 1.82) is 0 Å². The normalized spacial score (nSPS) is 11.8. The third-order valence-corrected chi connectivity index (χ3v) is 3.07. The maximum Gasteiger partial charge on any atom is 0.223 e. The monoisotopic (exact) mass is 277 g/mol. The van der Waals surface area contributed by atoms with Crippen molar-refractivity contribution in [3.05, 3.63) is 35.9 Å². The van der Waals surface area contributed by atoms with Crippen molar-refractivity contribution in [1.82, 2.24) is 10.2 Å². The molecule has 2 amide bonds. The van der Waals surface area contributed by atoms with Gasteiger partial charge in [-0.3, -0.25) is 9.59 Å². The number of hydrogen-bond acceptors (Lipinski definition) is 3. The second-order valence-corrected chi connectivity index (χ2v) is 4.94. The molecule has 1 aromatic carbocycles. The highest BCUT2D eigenvalue weighted by Gasteiger charge is 2.09. The molecule has 0 spiro atoms. The van der Waals surface area contributed by atoms with Crippen LogP contribution in [-0.4, -0.2) is 37.4 Å².